The van der Waals surface area contributed by atoms with Crippen LogP contribution in [0.15, 0.2) is 12.1 Å². The molecule has 1 aromatic heterocycles. The average molecular weight is 192 g/mol. The van der Waals surface area contributed by atoms with Gasteiger partial charge in [0.25, 0.3) is 0 Å². The Morgan fingerprint density at radius 3 is 2.29 bits per heavy atom. The highest BCUT2D eigenvalue weighted by Gasteiger charge is 2.15. The summed E-state index contributed by atoms with van der Waals surface area (Å²) in [5.41, 5.74) is 12.6. The lowest BCUT2D eigenvalue weighted by molar-refractivity contribution is 0.460. The number of pyridine rings is 1. The van der Waals surface area contributed by atoms with E-state index in [0.717, 1.165) is 25.9 Å². The van der Waals surface area contributed by atoms with Gasteiger partial charge in [0.05, 0.1) is 0 Å². The summed E-state index contributed by atoms with van der Waals surface area (Å²) in [4.78, 5) is 3.97. The Morgan fingerprint density at radius 2 is 1.71 bits per heavy atom. The Labute approximate surface area is 83.7 Å². The van der Waals surface area contributed by atoms with Gasteiger partial charge in [0.15, 0.2) is 0 Å². The van der Waals surface area contributed by atoms with Crippen LogP contribution in [0.2, 0.25) is 0 Å². The van der Waals surface area contributed by atoms with Gasteiger partial charge in [-0.2, -0.15) is 0 Å². The molecule has 0 atom stereocenters. The van der Waals surface area contributed by atoms with Gasteiger partial charge in [0.1, 0.15) is 11.6 Å². The molecule has 0 saturated carbocycles. The third-order valence-corrected chi connectivity index (χ3v) is 2.70. The predicted molar refractivity (Wildman–Crippen MR) is 57.9 cm³/mol. The normalized spacial score (nSPS) is 18.3. The van der Waals surface area contributed by atoms with Crippen LogP contribution in [0, 0.1) is 0 Å². The fourth-order valence-corrected chi connectivity index (χ4v) is 1.99. The fourth-order valence-electron chi connectivity index (χ4n) is 1.99. The fraction of sp³-hybridized carbons (Fsp3) is 0.500. The van der Waals surface area contributed by atoms with E-state index in [1.807, 2.05) is 12.1 Å². The second-order valence-corrected chi connectivity index (χ2v) is 3.77. The first-order valence-corrected chi connectivity index (χ1v) is 4.99. The average Bonchev–Trinajstić information content (AvgIpc) is 2.18. The van der Waals surface area contributed by atoms with Crippen LogP contribution in [0.5, 0.6) is 0 Å². The molecule has 1 aliphatic heterocycles. The van der Waals surface area contributed by atoms with Crippen molar-refractivity contribution in [2.45, 2.75) is 18.8 Å². The molecule has 0 radical (unpaired) electrons. The lowest BCUT2D eigenvalue weighted by Crippen LogP contribution is -2.26. The van der Waals surface area contributed by atoms with Gasteiger partial charge in [-0.3, -0.25) is 0 Å². The highest BCUT2D eigenvalue weighted by atomic mass is 14.9. The Hall–Kier alpha value is -1.29. The lowest BCUT2D eigenvalue weighted by atomic mass is 9.91. The first-order valence-electron chi connectivity index (χ1n) is 4.99. The third kappa shape index (κ3) is 1.96. The molecule has 14 heavy (non-hydrogen) atoms. The van der Waals surface area contributed by atoms with E-state index in [4.69, 9.17) is 11.5 Å². The van der Waals surface area contributed by atoms with E-state index in [9.17, 15) is 0 Å². The van der Waals surface area contributed by atoms with Crippen molar-refractivity contribution >= 4 is 11.6 Å². The van der Waals surface area contributed by atoms with Crippen molar-refractivity contribution in [1.29, 1.82) is 0 Å². The molecular formula is C10H16N4. The van der Waals surface area contributed by atoms with Gasteiger partial charge in [-0.05, 0) is 49.5 Å². The van der Waals surface area contributed by atoms with E-state index in [2.05, 4.69) is 10.3 Å². The van der Waals surface area contributed by atoms with Crippen LogP contribution in [-0.2, 0) is 0 Å². The van der Waals surface area contributed by atoms with Gasteiger partial charge in [0.2, 0.25) is 0 Å². The number of rotatable bonds is 1. The zero-order valence-electron chi connectivity index (χ0n) is 8.16. The zero-order chi connectivity index (χ0) is 9.97. The summed E-state index contributed by atoms with van der Waals surface area (Å²) in [5.74, 6) is 1.64. The molecule has 1 aromatic rings. The predicted octanol–water partition coefficient (Wildman–Crippen LogP) is 0.713. The molecule has 76 valence electrons. The van der Waals surface area contributed by atoms with E-state index in [1.54, 1.807) is 0 Å². The number of nitrogens with one attached hydrogen (secondary N) is 1. The molecular weight excluding hydrogens is 176 g/mol. The largest absolute Gasteiger partial charge is 0.384 e. The minimum absolute atomic E-state index is 0.526. The van der Waals surface area contributed by atoms with Crippen LogP contribution in [-0.4, -0.2) is 18.1 Å². The highest BCUT2D eigenvalue weighted by Crippen LogP contribution is 2.26. The number of hydrogen-bond donors (Lipinski definition) is 3. The second-order valence-electron chi connectivity index (χ2n) is 3.77. The minimum Gasteiger partial charge on any atom is -0.384 e. The molecule has 0 amide bonds. The smallest absolute Gasteiger partial charge is 0.126 e. The summed E-state index contributed by atoms with van der Waals surface area (Å²) in [6.45, 7) is 2.15. The van der Waals surface area contributed by atoms with Crippen LogP contribution in [0.1, 0.15) is 24.3 Å². The molecule has 4 heteroatoms. The Bertz CT molecular complexity index is 298. The maximum atomic E-state index is 5.66. The lowest BCUT2D eigenvalue weighted by Gasteiger charge is -2.23. The van der Waals surface area contributed by atoms with Gasteiger partial charge in [0, 0.05) is 0 Å². The molecule has 2 heterocycles. The van der Waals surface area contributed by atoms with Gasteiger partial charge < -0.3 is 16.8 Å². The first-order chi connectivity index (χ1) is 6.75. The molecule has 0 aliphatic carbocycles. The van der Waals surface area contributed by atoms with Crippen LogP contribution in [0.25, 0.3) is 0 Å². The van der Waals surface area contributed by atoms with Crippen molar-refractivity contribution in [2.24, 2.45) is 0 Å². The summed E-state index contributed by atoms with van der Waals surface area (Å²) >= 11 is 0. The van der Waals surface area contributed by atoms with Gasteiger partial charge in [-0.25, -0.2) is 4.98 Å². The highest BCUT2D eigenvalue weighted by molar-refractivity contribution is 5.44. The third-order valence-electron chi connectivity index (χ3n) is 2.70. The monoisotopic (exact) mass is 192 g/mol. The number of anilines is 2. The zero-order valence-corrected chi connectivity index (χ0v) is 8.16. The maximum Gasteiger partial charge on any atom is 0.126 e. The molecule has 0 aromatic carbocycles. The number of nitrogen functional groups attached to an aromatic ring is 2. The Balaban J connectivity index is 2.21. The molecule has 1 fully saturated rings. The van der Waals surface area contributed by atoms with E-state index in [-0.39, 0.29) is 0 Å². The second kappa shape index (κ2) is 3.84. The number of aromatic nitrogens is 1. The van der Waals surface area contributed by atoms with E-state index < -0.39 is 0 Å². The number of nitrogens with two attached hydrogens (primary N) is 2. The number of nitrogens with zero attached hydrogens (tertiary/aromatic N) is 1. The maximum absolute atomic E-state index is 5.66. The quantitative estimate of drug-likeness (QED) is 0.612. The summed E-state index contributed by atoms with van der Waals surface area (Å²) < 4.78 is 0. The van der Waals surface area contributed by atoms with Crippen LogP contribution >= 0.6 is 0 Å². The van der Waals surface area contributed by atoms with Crippen molar-refractivity contribution in [2.75, 3.05) is 24.6 Å². The molecule has 0 spiro atoms. The van der Waals surface area contributed by atoms with Crippen LogP contribution < -0.4 is 16.8 Å². The Kier molecular flexibility index (Phi) is 2.54. The summed E-state index contributed by atoms with van der Waals surface area (Å²) in [7, 11) is 0. The summed E-state index contributed by atoms with van der Waals surface area (Å²) in [6, 6.07) is 3.87. The van der Waals surface area contributed by atoms with E-state index in [1.165, 1.54) is 5.56 Å². The van der Waals surface area contributed by atoms with E-state index in [0.29, 0.717) is 17.6 Å². The van der Waals surface area contributed by atoms with E-state index >= 15 is 0 Å². The molecule has 0 bridgehead atoms. The first kappa shape index (κ1) is 9.27. The molecule has 1 saturated heterocycles. The van der Waals surface area contributed by atoms with Crippen molar-refractivity contribution in [3.05, 3.63) is 17.7 Å². The van der Waals surface area contributed by atoms with Crippen molar-refractivity contribution < 1.29 is 0 Å². The molecule has 0 unspecified atom stereocenters. The van der Waals surface area contributed by atoms with Gasteiger partial charge in [-0.1, -0.05) is 0 Å². The van der Waals surface area contributed by atoms with Crippen LogP contribution in [0.4, 0.5) is 11.6 Å². The SMILES string of the molecule is Nc1cc(C2CCNCC2)cc(N)n1. The summed E-state index contributed by atoms with van der Waals surface area (Å²) in [6.07, 6.45) is 2.31. The number of piperidine rings is 1. The molecule has 2 rings (SSSR count). The molecule has 1 aliphatic rings. The molecule has 4 nitrogen and oxygen atoms in total. The number of hydrogen-bond acceptors (Lipinski definition) is 4. The summed E-state index contributed by atoms with van der Waals surface area (Å²) in [5, 5.41) is 3.34. The standard InChI is InChI=1S/C10H16N4/c11-9-5-8(6-10(12)14-9)7-1-3-13-4-2-7/h5-7,13H,1-4H2,(H4,11,12,14). The van der Waals surface area contributed by atoms with Gasteiger partial charge >= 0.3 is 0 Å². The van der Waals surface area contributed by atoms with Crippen LogP contribution in [0.3, 0.4) is 0 Å². The topological polar surface area (TPSA) is 77.0 Å². The van der Waals surface area contributed by atoms with Crippen molar-refractivity contribution in [3.8, 4) is 0 Å². The minimum atomic E-state index is 0.526. The molecule has 5 N–H and O–H groups in total. The Morgan fingerprint density at radius 1 is 1.14 bits per heavy atom. The van der Waals surface area contributed by atoms with Crippen molar-refractivity contribution in [1.82, 2.24) is 10.3 Å². The van der Waals surface area contributed by atoms with Gasteiger partial charge in [-0.15, -0.1) is 0 Å². The van der Waals surface area contributed by atoms with Crippen molar-refractivity contribution in [3.63, 3.8) is 0 Å².